The molecule has 0 aliphatic heterocycles. The highest BCUT2D eigenvalue weighted by Crippen LogP contribution is 2.16. The van der Waals surface area contributed by atoms with Crippen LogP contribution in [-0.2, 0) is 14.3 Å². The summed E-state index contributed by atoms with van der Waals surface area (Å²) in [6.45, 7) is 5.00. The zero-order chi connectivity index (χ0) is 19.8. The molecule has 0 spiro atoms. The van der Waals surface area contributed by atoms with E-state index in [0.29, 0.717) is 11.3 Å². The Morgan fingerprint density at radius 1 is 0.963 bits per heavy atom. The number of carbonyl (C=O) groups excluding carboxylic acids is 3. The van der Waals surface area contributed by atoms with E-state index in [0.717, 1.165) is 11.1 Å². The van der Waals surface area contributed by atoms with Gasteiger partial charge in [0.15, 0.2) is 12.7 Å². The van der Waals surface area contributed by atoms with Gasteiger partial charge in [0.05, 0.1) is 0 Å². The minimum absolute atomic E-state index is 0.323. The lowest BCUT2D eigenvalue weighted by Gasteiger charge is -2.14. The molecular formula is C20H22N2O5. The molecule has 7 nitrogen and oxygen atoms in total. The summed E-state index contributed by atoms with van der Waals surface area (Å²) in [5, 5.41) is 0. The first-order chi connectivity index (χ1) is 12.9. The first-order valence-electron chi connectivity index (χ1n) is 8.41. The van der Waals surface area contributed by atoms with Gasteiger partial charge < -0.3 is 9.47 Å². The number of aryl methyl sites for hydroxylation is 2. The highest BCUT2D eigenvalue weighted by atomic mass is 16.6. The number of esters is 1. The van der Waals surface area contributed by atoms with Gasteiger partial charge in [-0.15, -0.1) is 0 Å². The summed E-state index contributed by atoms with van der Waals surface area (Å²) in [6.07, 6.45) is -1.09. The molecule has 2 amide bonds. The molecule has 0 aliphatic rings. The van der Waals surface area contributed by atoms with E-state index < -0.39 is 23.9 Å². The van der Waals surface area contributed by atoms with Crippen LogP contribution in [0.5, 0.6) is 5.75 Å². The van der Waals surface area contributed by atoms with E-state index in [4.69, 9.17) is 9.47 Å². The van der Waals surface area contributed by atoms with Crippen molar-refractivity contribution in [1.29, 1.82) is 0 Å². The maximum atomic E-state index is 11.9. The molecule has 0 aliphatic carbocycles. The van der Waals surface area contributed by atoms with Crippen LogP contribution >= 0.6 is 0 Å². The van der Waals surface area contributed by atoms with Gasteiger partial charge in [0.1, 0.15) is 5.75 Å². The molecular weight excluding hydrogens is 348 g/mol. The Morgan fingerprint density at radius 3 is 2.33 bits per heavy atom. The first kappa shape index (κ1) is 20.0. The van der Waals surface area contributed by atoms with Crippen LogP contribution in [0.3, 0.4) is 0 Å². The molecule has 0 aromatic heterocycles. The van der Waals surface area contributed by atoms with Gasteiger partial charge in [0.25, 0.3) is 11.8 Å². The second-order valence-electron chi connectivity index (χ2n) is 5.98. The maximum absolute atomic E-state index is 11.9. The van der Waals surface area contributed by atoms with E-state index in [1.807, 2.05) is 26.0 Å². The van der Waals surface area contributed by atoms with Crippen molar-refractivity contribution in [1.82, 2.24) is 10.9 Å². The Balaban J connectivity index is 1.75. The molecule has 0 heterocycles. The fourth-order valence-corrected chi connectivity index (χ4v) is 2.11. The van der Waals surface area contributed by atoms with Crippen LogP contribution in [0.15, 0.2) is 48.5 Å². The smallest absolute Gasteiger partial charge is 0.344 e. The third-order valence-electron chi connectivity index (χ3n) is 3.85. The van der Waals surface area contributed by atoms with Crippen molar-refractivity contribution in [3.8, 4) is 5.75 Å². The number of carbonyl (C=O) groups is 3. The summed E-state index contributed by atoms with van der Waals surface area (Å²) in [5.41, 5.74) is 7.03. The SMILES string of the molecule is Cc1ccc(OCC(=O)O[C@H](C)C(=O)NNC(=O)c2ccccc2)cc1C. The molecule has 0 saturated heterocycles. The van der Waals surface area contributed by atoms with Gasteiger partial charge >= 0.3 is 5.97 Å². The summed E-state index contributed by atoms with van der Waals surface area (Å²) >= 11 is 0. The summed E-state index contributed by atoms with van der Waals surface area (Å²) in [4.78, 5) is 35.6. The van der Waals surface area contributed by atoms with Crippen molar-refractivity contribution in [3.05, 3.63) is 65.2 Å². The van der Waals surface area contributed by atoms with Crippen molar-refractivity contribution in [2.45, 2.75) is 26.9 Å². The first-order valence-corrected chi connectivity index (χ1v) is 8.41. The van der Waals surface area contributed by atoms with Gasteiger partial charge in [-0.05, 0) is 56.2 Å². The molecule has 2 N–H and O–H groups in total. The molecule has 2 aromatic rings. The number of nitrogens with one attached hydrogen (secondary N) is 2. The average molecular weight is 370 g/mol. The second kappa shape index (κ2) is 9.38. The zero-order valence-corrected chi connectivity index (χ0v) is 15.4. The van der Waals surface area contributed by atoms with Crippen molar-refractivity contribution in [2.75, 3.05) is 6.61 Å². The largest absolute Gasteiger partial charge is 0.482 e. The standard InChI is InChI=1S/C20H22N2O5/c1-13-9-10-17(11-14(13)2)26-12-18(23)27-15(3)19(24)21-22-20(25)16-7-5-4-6-8-16/h4-11,15H,12H2,1-3H3,(H,21,24)(H,22,25)/t15-/m1/s1. The van der Waals surface area contributed by atoms with Gasteiger partial charge in [0, 0.05) is 5.56 Å². The third kappa shape index (κ3) is 6.14. The summed E-state index contributed by atoms with van der Waals surface area (Å²) in [7, 11) is 0. The fourth-order valence-electron chi connectivity index (χ4n) is 2.11. The topological polar surface area (TPSA) is 93.7 Å². The lowest BCUT2D eigenvalue weighted by molar-refractivity contribution is -0.156. The minimum atomic E-state index is -1.09. The molecule has 1 atom stereocenters. The molecule has 0 unspecified atom stereocenters. The summed E-state index contributed by atoms with van der Waals surface area (Å²) < 4.78 is 10.4. The molecule has 2 rings (SSSR count). The van der Waals surface area contributed by atoms with Crippen molar-refractivity contribution in [3.63, 3.8) is 0 Å². The number of benzene rings is 2. The van der Waals surface area contributed by atoms with E-state index >= 15 is 0 Å². The van der Waals surface area contributed by atoms with Gasteiger partial charge in [-0.3, -0.25) is 20.4 Å². The predicted octanol–water partition coefficient (Wildman–Crippen LogP) is 2.08. The van der Waals surface area contributed by atoms with Gasteiger partial charge in [-0.2, -0.15) is 0 Å². The van der Waals surface area contributed by atoms with E-state index in [-0.39, 0.29) is 6.61 Å². The zero-order valence-electron chi connectivity index (χ0n) is 15.4. The highest BCUT2D eigenvalue weighted by molar-refractivity contribution is 5.95. The summed E-state index contributed by atoms with van der Waals surface area (Å²) in [5.74, 6) is -1.27. The minimum Gasteiger partial charge on any atom is -0.482 e. The van der Waals surface area contributed by atoms with Crippen LogP contribution in [0.2, 0.25) is 0 Å². The second-order valence-corrected chi connectivity index (χ2v) is 5.98. The van der Waals surface area contributed by atoms with Crippen LogP contribution in [0.25, 0.3) is 0 Å². The van der Waals surface area contributed by atoms with E-state index in [1.54, 1.807) is 36.4 Å². The van der Waals surface area contributed by atoms with E-state index in [1.165, 1.54) is 6.92 Å². The van der Waals surface area contributed by atoms with Crippen LogP contribution < -0.4 is 15.6 Å². The van der Waals surface area contributed by atoms with E-state index in [9.17, 15) is 14.4 Å². The normalized spacial score (nSPS) is 11.2. The molecule has 0 fully saturated rings. The Bertz CT molecular complexity index is 820. The lowest BCUT2D eigenvalue weighted by Crippen LogP contribution is -2.47. The van der Waals surface area contributed by atoms with Crippen LogP contribution in [0.1, 0.15) is 28.4 Å². The molecule has 0 bridgehead atoms. The Morgan fingerprint density at radius 2 is 1.67 bits per heavy atom. The van der Waals surface area contributed by atoms with Gasteiger partial charge in [0.2, 0.25) is 0 Å². The van der Waals surface area contributed by atoms with Gasteiger partial charge in [-0.1, -0.05) is 24.3 Å². The molecule has 0 saturated carbocycles. The van der Waals surface area contributed by atoms with Crippen molar-refractivity contribution in [2.24, 2.45) is 0 Å². The number of hydrazine groups is 1. The number of hydrogen-bond acceptors (Lipinski definition) is 5. The average Bonchev–Trinajstić information content (AvgIpc) is 2.67. The molecule has 7 heteroatoms. The van der Waals surface area contributed by atoms with Crippen LogP contribution in [0.4, 0.5) is 0 Å². The molecule has 142 valence electrons. The maximum Gasteiger partial charge on any atom is 0.344 e. The number of amides is 2. The molecule has 2 aromatic carbocycles. The highest BCUT2D eigenvalue weighted by Gasteiger charge is 2.19. The number of rotatable bonds is 6. The summed E-state index contributed by atoms with van der Waals surface area (Å²) in [6, 6.07) is 13.9. The number of hydrogen-bond donors (Lipinski definition) is 2. The van der Waals surface area contributed by atoms with Crippen LogP contribution in [-0.4, -0.2) is 30.5 Å². The Labute approximate surface area is 157 Å². The lowest BCUT2D eigenvalue weighted by atomic mass is 10.1. The molecule has 27 heavy (non-hydrogen) atoms. The monoisotopic (exact) mass is 370 g/mol. The Kier molecular flexibility index (Phi) is 6.93. The third-order valence-corrected chi connectivity index (χ3v) is 3.85. The Hall–Kier alpha value is -3.35. The van der Waals surface area contributed by atoms with Crippen LogP contribution in [0, 0.1) is 13.8 Å². The number of ether oxygens (including phenoxy) is 2. The van der Waals surface area contributed by atoms with E-state index in [2.05, 4.69) is 10.9 Å². The van der Waals surface area contributed by atoms with Crippen molar-refractivity contribution < 1.29 is 23.9 Å². The van der Waals surface area contributed by atoms with Gasteiger partial charge in [-0.25, -0.2) is 4.79 Å². The molecule has 0 radical (unpaired) electrons. The fraction of sp³-hybridized carbons (Fsp3) is 0.250. The quantitative estimate of drug-likeness (QED) is 0.600. The predicted molar refractivity (Wildman–Crippen MR) is 99.0 cm³/mol. The van der Waals surface area contributed by atoms with Crippen molar-refractivity contribution >= 4 is 17.8 Å².